The van der Waals surface area contributed by atoms with E-state index in [1.165, 1.54) is 6.07 Å². The molecule has 0 radical (unpaired) electrons. The van der Waals surface area contributed by atoms with Gasteiger partial charge in [-0.15, -0.1) is 0 Å². The van der Waals surface area contributed by atoms with Gasteiger partial charge in [0.05, 0.1) is 11.7 Å². The molecular weight excluding hydrogens is 329 g/mol. The Morgan fingerprint density at radius 1 is 1.21 bits per heavy atom. The molecule has 0 heterocycles. The lowest BCUT2D eigenvalue weighted by atomic mass is 10.1. The van der Waals surface area contributed by atoms with Gasteiger partial charge in [-0.05, 0) is 49.2 Å². The van der Waals surface area contributed by atoms with Crippen LogP contribution < -0.4 is 5.32 Å². The Morgan fingerprint density at radius 2 is 1.95 bits per heavy atom. The summed E-state index contributed by atoms with van der Waals surface area (Å²) in [6, 6.07) is 10.6. The molecule has 0 aromatic heterocycles. The van der Waals surface area contributed by atoms with Crippen LogP contribution in [0.5, 0.6) is 0 Å². The average molecular weight is 343 g/mol. The largest absolute Gasteiger partial charge is 0.376 e. The molecule has 0 saturated carbocycles. The second kappa shape index (κ2) is 5.93. The van der Waals surface area contributed by atoms with Crippen molar-refractivity contribution in [3.05, 3.63) is 62.8 Å². The highest BCUT2D eigenvalue weighted by Crippen LogP contribution is 2.29. The topological polar surface area (TPSA) is 12.0 Å². The fourth-order valence-corrected chi connectivity index (χ4v) is 2.75. The van der Waals surface area contributed by atoms with Crippen molar-refractivity contribution in [1.82, 2.24) is 0 Å². The zero-order chi connectivity index (χ0) is 14.0. The molecule has 4 heteroatoms. The Morgan fingerprint density at radius 3 is 2.63 bits per heavy atom. The molecule has 1 atom stereocenters. The van der Waals surface area contributed by atoms with Crippen molar-refractivity contribution in [2.75, 3.05) is 5.32 Å². The number of rotatable bonds is 3. The van der Waals surface area contributed by atoms with Crippen molar-refractivity contribution in [2.24, 2.45) is 0 Å². The summed E-state index contributed by atoms with van der Waals surface area (Å²) in [5.74, 6) is -0.259. The van der Waals surface area contributed by atoms with Gasteiger partial charge in [0.25, 0.3) is 0 Å². The quantitative estimate of drug-likeness (QED) is 0.752. The average Bonchev–Trinajstić information content (AvgIpc) is 2.33. The molecule has 2 aromatic rings. The van der Waals surface area contributed by atoms with Gasteiger partial charge in [-0.3, -0.25) is 0 Å². The van der Waals surface area contributed by atoms with Crippen LogP contribution in [0.3, 0.4) is 0 Å². The van der Waals surface area contributed by atoms with Gasteiger partial charge >= 0.3 is 0 Å². The summed E-state index contributed by atoms with van der Waals surface area (Å²) in [5, 5.41) is 3.81. The first-order valence-corrected chi connectivity index (χ1v) is 7.12. The molecule has 1 N–H and O–H groups in total. The summed E-state index contributed by atoms with van der Waals surface area (Å²) in [6.45, 7) is 3.89. The molecule has 0 aliphatic carbocycles. The van der Waals surface area contributed by atoms with E-state index in [9.17, 15) is 4.39 Å². The van der Waals surface area contributed by atoms with E-state index in [1.807, 2.05) is 32.0 Å². The molecular formula is C15H14BrClFN. The molecule has 19 heavy (non-hydrogen) atoms. The third-order valence-electron chi connectivity index (χ3n) is 2.92. The van der Waals surface area contributed by atoms with E-state index in [1.54, 1.807) is 12.1 Å². The molecule has 0 amide bonds. The van der Waals surface area contributed by atoms with Gasteiger partial charge in [0.15, 0.2) is 0 Å². The van der Waals surface area contributed by atoms with Crippen molar-refractivity contribution in [3.63, 3.8) is 0 Å². The molecule has 0 aliphatic heterocycles. The van der Waals surface area contributed by atoms with E-state index >= 15 is 0 Å². The number of nitrogens with one attached hydrogen (secondary N) is 1. The zero-order valence-corrected chi connectivity index (χ0v) is 13.0. The van der Waals surface area contributed by atoms with Crippen LogP contribution in [0.15, 0.2) is 40.9 Å². The van der Waals surface area contributed by atoms with Crippen molar-refractivity contribution in [1.29, 1.82) is 0 Å². The fraction of sp³-hybridized carbons (Fsp3) is 0.200. The molecule has 0 spiro atoms. The molecule has 1 nitrogen and oxygen atoms in total. The summed E-state index contributed by atoms with van der Waals surface area (Å²) in [7, 11) is 0. The maximum absolute atomic E-state index is 13.7. The van der Waals surface area contributed by atoms with E-state index in [0.717, 1.165) is 15.6 Å². The van der Waals surface area contributed by atoms with Crippen molar-refractivity contribution < 1.29 is 4.39 Å². The van der Waals surface area contributed by atoms with Crippen LogP contribution in [-0.4, -0.2) is 0 Å². The minimum atomic E-state index is -0.259. The molecule has 2 aromatic carbocycles. The van der Waals surface area contributed by atoms with Crippen LogP contribution in [0.2, 0.25) is 5.02 Å². The highest BCUT2D eigenvalue weighted by Gasteiger charge is 2.12. The van der Waals surface area contributed by atoms with Gasteiger partial charge in [0, 0.05) is 9.50 Å². The SMILES string of the molecule is Cc1ccc(F)c(NC(C)c2ccc(Br)cc2Cl)c1. The van der Waals surface area contributed by atoms with Gasteiger partial charge in [-0.1, -0.05) is 39.7 Å². The highest BCUT2D eigenvalue weighted by molar-refractivity contribution is 9.10. The number of benzene rings is 2. The first-order chi connectivity index (χ1) is 8.97. The van der Waals surface area contributed by atoms with Crippen LogP contribution in [0.4, 0.5) is 10.1 Å². The molecule has 0 aliphatic rings. The summed E-state index contributed by atoms with van der Waals surface area (Å²) < 4.78 is 14.6. The standard InChI is InChI=1S/C15H14BrClFN/c1-9-3-6-14(18)15(7-9)19-10(2)12-5-4-11(16)8-13(12)17/h3-8,10,19H,1-2H3. The third kappa shape index (κ3) is 3.48. The van der Waals surface area contributed by atoms with E-state index < -0.39 is 0 Å². The molecule has 2 rings (SSSR count). The normalized spacial score (nSPS) is 12.3. The Labute approximate surface area is 125 Å². The predicted octanol–water partition coefficient (Wildman–Crippen LogP) is 5.72. The van der Waals surface area contributed by atoms with Crippen LogP contribution in [0.1, 0.15) is 24.1 Å². The minimum Gasteiger partial charge on any atom is -0.376 e. The van der Waals surface area contributed by atoms with E-state index in [0.29, 0.717) is 10.7 Å². The monoisotopic (exact) mass is 341 g/mol. The second-order valence-electron chi connectivity index (χ2n) is 4.52. The smallest absolute Gasteiger partial charge is 0.146 e. The van der Waals surface area contributed by atoms with Crippen molar-refractivity contribution >= 4 is 33.2 Å². The molecule has 100 valence electrons. The van der Waals surface area contributed by atoms with Crippen LogP contribution in [0.25, 0.3) is 0 Å². The Balaban J connectivity index is 2.25. The number of halogens is 3. The highest BCUT2D eigenvalue weighted by atomic mass is 79.9. The maximum Gasteiger partial charge on any atom is 0.146 e. The van der Waals surface area contributed by atoms with Gasteiger partial charge < -0.3 is 5.32 Å². The van der Waals surface area contributed by atoms with Gasteiger partial charge in [0.2, 0.25) is 0 Å². The van der Waals surface area contributed by atoms with Crippen LogP contribution >= 0.6 is 27.5 Å². The predicted molar refractivity (Wildman–Crippen MR) is 82.3 cm³/mol. The number of anilines is 1. The Hall–Kier alpha value is -1.06. The van der Waals surface area contributed by atoms with E-state index in [-0.39, 0.29) is 11.9 Å². The maximum atomic E-state index is 13.7. The Kier molecular flexibility index (Phi) is 4.48. The van der Waals surface area contributed by atoms with E-state index in [2.05, 4.69) is 21.2 Å². The number of hydrogen-bond acceptors (Lipinski definition) is 1. The number of aryl methyl sites for hydroxylation is 1. The van der Waals surface area contributed by atoms with Gasteiger partial charge in [-0.2, -0.15) is 0 Å². The summed E-state index contributed by atoms with van der Waals surface area (Å²) in [4.78, 5) is 0. The Bertz CT molecular complexity index is 601. The molecule has 0 fully saturated rings. The lowest BCUT2D eigenvalue weighted by Gasteiger charge is -2.18. The van der Waals surface area contributed by atoms with Crippen LogP contribution in [0, 0.1) is 12.7 Å². The fourth-order valence-electron chi connectivity index (χ4n) is 1.91. The van der Waals surface area contributed by atoms with Crippen molar-refractivity contribution in [2.45, 2.75) is 19.9 Å². The molecule has 1 unspecified atom stereocenters. The van der Waals surface area contributed by atoms with Crippen LogP contribution in [-0.2, 0) is 0 Å². The zero-order valence-electron chi connectivity index (χ0n) is 10.7. The third-order valence-corrected chi connectivity index (χ3v) is 3.74. The summed E-state index contributed by atoms with van der Waals surface area (Å²) in [5.41, 5.74) is 2.44. The molecule has 0 saturated heterocycles. The van der Waals surface area contributed by atoms with E-state index in [4.69, 9.17) is 11.6 Å². The lowest BCUT2D eigenvalue weighted by Crippen LogP contribution is -2.08. The first kappa shape index (κ1) is 14.4. The number of hydrogen-bond donors (Lipinski definition) is 1. The minimum absolute atomic E-state index is 0.0723. The van der Waals surface area contributed by atoms with Gasteiger partial charge in [-0.25, -0.2) is 4.39 Å². The summed E-state index contributed by atoms with van der Waals surface area (Å²) >= 11 is 9.57. The first-order valence-electron chi connectivity index (χ1n) is 5.95. The molecule has 0 bridgehead atoms. The van der Waals surface area contributed by atoms with Gasteiger partial charge in [0.1, 0.15) is 5.82 Å². The van der Waals surface area contributed by atoms with Crippen molar-refractivity contribution in [3.8, 4) is 0 Å². The lowest BCUT2D eigenvalue weighted by molar-refractivity contribution is 0.627. The summed E-state index contributed by atoms with van der Waals surface area (Å²) in [6.07, 6.45) is 0. The second-order valence-corrected chi connectivity index (χ2v) is 5.84.